The van der Waals surface area contributed by atoms with E-state index in [0.29, 0.717) is 24.8 Å². The first-order valence-electron chi connectivity index (χ1n) is 9.14. The summed E-state index contributed by atoms with van der Waals surface area (Å²) in [4.78, 5) is 18.7. The molecule has 1 amide bonds. The second kappa shape index (κ2) is 6.72. The Balaban J connectivity index is 1.53. The molecule has 1 atom stereocenters. The summed E-state index contributed by atoms with van der Waals surface area (Å²) in [6.07, 6.45) is 4.62. The number of nitrogens with zero attached hydrogens (tertiary/aromatic N) is 3. The molecule has 2 fully saturated rings. The Labute approximate surface area is 152 Å². The maximum atomic E-state index is 12.4. The van der Waals surface area contributed by atoms with Gasteiger partial charge in [-0.15, -0.1) is 0 Å². The van der Waals surface area contributed by atoms with Crippen molar-refractivity contribution in [1.82, 2.24) is 15.0 Å². The van der Waals surface area contributed by atoms with Crippen LogP contribution >= 0.6 is 0 Å². The van der Waals surface area contributed by atoms with E-state index in [-0.39, 0.29) is 11.3 Å². The van der Waals surface area contributed by atoms with Crippen LogP contribution in [0.25, 0.3) is 0 Å². The molecular formula is C19H24N4O3. The molecule has 26 heavy (non-hydrogen) atoms. The van der Waals surface area contributed by atoms with Crippen molar-refractivity contribution >= 4 is 5.91 Å². The maximum absolute atomic E-state index is 12.4. The van der Waals surface area contributed by atoms with Gasteiger partial charge >= 0.3 is 0 Å². The number of methoxy groups -OCH3 is 1. The summed E-state index contributed by atoms with van der Waals surface area (Å²) in [5, 5.41) is 4.22. The quantitative estimate of drug-likeness (QED) is 0.880. The molecule has 4 rings (SSSR count). The third-order valence-electron chi connectivity index (χ3n) is 5.42. The fraction of sp³-hybridized carbons (Fsp3) is 0.526. The topological polar surface area (TPSA) is 94.5 Å². The first-order chi connectivity index (χ1) is 12.6. The van der Waals surface area contributed by atoms with Gasteiger partial charge in [0, 0.05) is 6.54 Å². The number of likely N-dealkylation sites (tertiary alicyclic amines) is 1. The largest absolute Gasteiger partial charge is 0.497 e. The molecule has 1 aromatic carbocycles. The van der Waals surface area contributed by atoms with Gasteiger partial charge in [0.15, 0.2) is 5.82 Å². The third kappa shape index (κ3) is 3.07. The van der Waals surface area contributed by atoms with Crippen molar-refractivity contribution in [1.29, 1.82) is 0 Å². The fourth-order valence-electron chi connectivity index (χ4n) is 3.66. The lowest BCUT2D eigenvalue weighted by atomic mass is 9.95. The van der Waals surface area contributed by atoms with Crippen LogP contribution in [0, 0.1) is 0 Å². The van der Waals surface area contributed by atoms with Crippen LogP contribution in [0.2, 0.25) is 0 Å². The predicted octanol–water partition coefficient (Wildman–Crippen LogP) is 2.00. The van der Waals surface area contributed by atoms with Crippen molar-refractivity contribution in [2.24, 2.45) is 5.73 Å². The zero-order chi connectivity index (χ0) is 18.1. The van der Waals surface area contributed by atoms with Gasteiger partial charge in [0.1, 0.15) is 12.3 Å². The SMILES string of the molecule is COc1cccc(C2(c3noc(CN4CCCCC(N)C4=O)n3)CC2)c1. The molecule has 1 aliphatic carbocycles. The van der Waals surface area contributed by atoms with Crippen LogP contribution in [0.4, 0.5) is 0 Å². The van der Waals surface area contributed by atoms with Gasteiger partial charge < -0.3 is 19.9 Å². The minimum absolute atomic E-state index is 0.0313. The number of amides is 1. The summed E-state index contributed by atoms with van der Waals surface area (Å²) in [5.41, 5.74) is 6.88. The van der Waals surface area contributed by atoms with E-state index >= 15 is 0 Å². The lowest BCUT2D eigenvalue weighted by molar-refractivity contribution is -0.133. The van der Waals surface area contributed by atoms with E-state index in [1.807, 2.05) is 18.2 Å². The highest BCUT2D eigenvalue weighted by Gasteiger charge is 2.50. The first kappa shape index (κ1) is 17.0. The Kier molecular flexibility index (Phi) is 4.40. The van der Waals surface area contributed by atoms with E-state index in [0.717, 1.165) is 43.4 Å². The molecule has 1 unspecified atom stereocenters. The van der Waals surface area contributed by atoms with Crippen molar-refractivity contribution in [2.75, 3.05) is 13.7 Å². The Morgan fingerprint density at radius 1 is 1.38 bits per heavy atom. The normalized spacial score (nSPS) is 22.2. The first-order valence-corrected chi connectivity index (χ1v) is 9.14. The molecular weight excluding hydrogens is 332 g/mol. The monoisotopic (exact) mass is 356 g/mol. The predicted molar refractivity (Wildman–Crippen MR) is 94.5 cm³/mol. The highest BCUT2D eigenvalue weighted by atomic mass is 16.5. The van der Waals surface area contributed by atoms with Crippen molar-refractivity contribution in [3.05, 3.63) is 41.5 Å². The molecule has 0 radical (unpaired) electrons. The summed E-state index contributed by atoms with van der Waals surface area (Å²) in [7, 11) is 1.66. The number of hydrogen-bond donors (Lipinski definition) is 1. The lowest BCUT2D eigenvalue weighted by Gasteiger charge is -2.20. The van der Waals surface area contributed by atoms with Crippen LogP contribution in [0.15, 0.2) is 28.8 Å². The van der Waals surface area contributed by atoms with Crippen LogP contribution in [0.3, 0.4) is 0 Å². The molecule has 7 heteroatoms. The Morgan fingerprint density at radius 2 is 2.23 bits per heavy atom. The lowest BCUT2D eigenvalue weighted by Crippen LogP contribution is -2.41. The van der Waals surface area contributed by atoms with Crippen molar-refractivity contribution in [2.45, 2.75) is 50.1 Å². The molecule has 138 valence electrons. The van der Waals surface area contributed by atoms with Gasteiger partial charge in [0.25, 0.3) is 0 Å². The number of carbonyl (C=O) groups is 1. The fourth-order valence-corrected chi connectivity index (χ4v) is 3.66. The highest BCUT2D eigenvalue weighted by Crippen LogP contribution is 2.52. The van der Waals surface area contributed by atoms with Gasteiger partial charge in [-0.05, 0) is 49.8 Å². The average molecular weight is 356 g/mol. The summed E-state index contributed by atoms with van der Waals surface area (Å²) in [6.45, 7) is 1.01. The average Bonchev–Trinajstić information content (AvgIpc) is 3.38. The smallest absolute Gasteiger partial charge is 0.246 e. The van der Waals surface area contributed by atoms with Gasteiger partial charge in [-0.2, -0.15) is 4.98 Å². The van der Waals surface area contributed by atoms with Gasteiger partial charge in [0.2, 0.25) is 11.8 Å². The summed E-state index contributed by atoms with van der Waals surface area (Å²) in [5.74, 6) is 1.95. The summed E-state index contributed by atoms with van der Waals surface area (Å²) >= 11 is 0. The minimum Gasteiger partial charge on any atom is -0.497 e. The van der Waals surface area contributed by atoms with Crippen LogP contribution in [-0.4, -0.2) is 40.6 Å². The number of rotatable bonds is 5. The molecule has 1 saturated heterocycles. The van der Waals surface area contributed by atoms with E-state index in [4.69, 9.17) is 15.0 Å². The van der Waals surface area contributed by atoms with Gasteiger partial charge in [-0.3, -0.25) is 4.79 Å². The van der Waals surface area contributed by atoms with E-state index in [1.54, 1.807) is 12.0 Å². The molecule has 1 saturated carbocycles. The van der Waals surface area contributed by atoms with E-state index in [2.05, 4.69) is 16.2 Å². The molecule has 2 aromatic rings. The summed E-state index contributed by atoms with van der Waals surface area (Å²) in [6, 6.07) is 7.58. The number of benzene rings is 1. The van der Waals surface area contributed by atoms with E-state index < -0.39 is 6.04 Å². The highest BCUT2D eigenvalue weighted by molar-refractivity contribution is 5.81. The van der Waals surface area contributed by atoms with Gasteiger partial charge in [-0.1, -0.05) is 17.3 Å². The van der Waals surface area contributed by atoms with Crippen LogP contribution in [-0.2, 0) is 16.8 Å². The van der Waals surface area contributed by atoms with E-state index in [1.165, 1.54) is 0 Å². The molecule has 0 bridgehead atoms. The van der Waals surface area contributed by atoms with Crippen LogP contribution < -0.4 is 10.5 Å². The molecule has 1 aliphatic heterocycles. The Hall–Kier alpha value is -2.41. The minimum atomic E-state index is -0.425. The maximum Gasteiger partial charge on any atom is 0.246 e. The number of hydrogen-bond acceptors (Lipinski definition) is 6. The number of carbonyl (C=O) groups excluding carboxylic acids is 1. The Bertz CT molecular complexity index is 800. The van der Waals surface area contributed by atoms with E-state index in [9.17, 15) is 4.79 Å². The zero-order valence-corrected chi connectivity index (χ0v) is 15.0. The van der Waals surface area contributed by atoms with Crippen molar-refractivity contribution < 1.29 is 14.1 Å². The van der Waals surface area contributed by atoms with Gasteiger partial charge in [0.05, 0.1) is 18.6 Å². The van der Waals surface area contributed by atoms with Crippen molar-refractivity contribution in [3.63, 3.8) is 0 Å². The molecule has 2 N–H and O–H groups in total. The number of nitrogens with two attached hydrogens (primary N) is 1. The third-order valence-corrected chi connectivity index (χ3v) is 5.42. The van der Waals surface area contributed by atoms with Crippen LogP contribution in [0.5, 0.6) is 5.75 Å². The second-order valence-corrected chi connectivity index (χ2v) is 7.19. The number of aromatic nitrogens is 2. The number of ether oxygens (including phenoxy) is 1. The Morgan fingerprint density at radius 3 is 3.00 bits per heavy atom. The molecule has 2 aliphatic rings. The standard InChI is InChI=1S/C19H24N4O3/c1-25-14-6-4-5-13(11-14)19(8-9-19)18-21-16(26-22-18)12-23-10-3-2-7-15(20)17(23)24/h4-6,11,15H,2-3,7-10,12,20H2,1H3. The summed E-state index contributed by atoms with van der Waals surface area (Å²) < 4.78 is 10.8. The van der Waals surface area contributed by atoms with Crippen molar-refractivity contribution in [3.8, 4) is 5.75 Å². The molecule has 1 aromatic heterocycles. The van der Waals surface area contributed by atoms with Gasteiger partial charge in [-0.25, -0.2) is 0 Å². The molecule has 0 spiro atoms. The molecule has 2 heterocycles. The molecule has 7 nitrogen and oxygen atoms in total. The zero-order valence-electron chi connectivity index (χ0n) is 15.0. The van der Waals surface area contributed by atoms with Crippen LogP contribution in [0.1, 0.15) is 49.4 Å². The second-order valence-electron chi connectivity index (χ2n) is 7.19.